The van der Waals surface area contributed by atoms with Crippen molar-refractivity contribution in [2.75, 3.05) is 0 Å². The van der Waals surface area contributed by atoms with Gasteiger partial charge in [0.1, 0.15) is 0 Å². The summed E-state index contributed by atoms with van der Waals surface area (Å²) in [5.41, 5.74) is 11.8. The van der Waals surface area contributed by atoms with E-state index in [1.165, 1.54) is 0 Å². The summed E-state index contributed by atoms with van der Waals surface area (Å²) in [6.45, 7) is 36.4. The number of allylic oxidation sites excluding steroid dienone is 1. The molecule has 0 aliphatic rings. The molecule has 0 unspecified atom stereocenters. The van der Waals surface area contributed by atoms with Crippen LogP contribution in [0.3, 0.4) is 0 Å². The van der Waals surface area contributed by atoms with E-state index in [0.717, 1.165) is 50.7 Å². The molecule has 2 rings (SSSR count). The fourth-order valence-corrected chi connectivity index (χ4v) is 12.4. The van der Waals surface area contributed by atoms with Crippen LogP contribution in [-0.2, 0) is 24.1 Å². The van der Waals surface area contributed by atoms with Gasteiger partial charge in [-0.15, -0.1) is 5.73 Å². The first kappa shape index (κ1) is 43.6. The normalized spacial score (nSPS) is 10.4. The molecule has 0 fully saturated rings. The predicted octanol–water partition coefficient (Wildman–Crippen LogP) is 11.5. The van der Waals surface area contributed by atoms with Gasteiger partial charge in [0.15, 0.2) is 0 Å². The summed E-state index contributed by atoms with van der Waals surface area (Å²) >= 11 is 0. The molecule has 0 bridgehead atoms. The van der Waals surface area contributed by atoms with E-state index < -0.39 is 0 Å². The first-order chi connectivity index (χ1) is 18.3. The average molecular weight is 669 g/mol. The van der Waals surface area contributed by atoms with Crippen LogP contribution in [0.15, 0.2) is 66.4 Å². The van der Waals surface area contributed by atoms with Crippen molar-refractivity contribution < 1.29 is 24.1 Å². The van der Waals surface area contributed by atoms with Crippen molar-refractivity contribution in [2.45, 2.75) is 117 Å². The third kappa shape index (κ3) is 18.6. The van der Waals surface area contributed by atoms with Gasteiger partial charge in [-0.05, 0) is 58.4 Å². The Morgan fingerprint density at radius 3 is 1.02 bits per heavy atom. The maximum absolute atomic E-state index is 7.50. The van der Waals surface area contributed by atoms with Crippen molar-refractivity contribution in [3.05, 3.63) is 104 Å². The standard InChI is InChI=1S/C17H13.2C9H21P.CO.Rh/c1-2-3-14-17(15-10-6-4-7-11-15)16-12-8-5-9-13-16;2*1-7(2)10(8(3)4)9(5)6;1-2;/h2,4-13H,1H2;2*7-9H,1-6H3;;. The minimum Gasteiger partial charge on any atom is -0.107 e. The first-order valence-electron chi connectivity index (χ1n) is 14.2. The molecule has 0 N–H and O–H groups in total. The van der Waals surface area contributed by atoms with Crippen molar-refractivity contribution in [1.82, 2.24) is 0 Å². The van der Waals surface area contributed by atoms with Crippen LogP contribution in [0, 0.1) is 26.1 Å². The minimum absolute atomic E-state index is 0. The summed E-state index contributed by atoms with van der Waals surface area (Å²) in [6.07, 6.45) is 4.54. The van der Waals surface area contributed by atoms with Gasteiger partial charge in [-0.25, -0.2) is 0 Å². The molecule has 4 heteroatoms. The summed E-state index contributed by atoms with van der Waals surface area (Å²) in [7, 11) is 0.525. The van der Waals surface area contributed by atoms with E-state index in [2.05, 4.69) is 133 Å². The van der Waals surface area contributed by atoms with E-state index in [9.17, 15) is 0 Å². The second kappa shape index (κ2) is 25.9. The maximum Gasteiger partial charge on any atom is 0.0312 e. The molecule has 2 aromatic rings. The largest absolute Gasteiger partial charge is 0.107 e. The van der Waals surface area contributed by atoms with Crippen LogP contribution in [-0.4, -0.2) is 34.0 Å². The first-order valence-corrected chi connectivity index (χ1v) is 17.3. The van der Waals surface area contributed by atoms with Crippen LogP contribution in [0.25, 0.3) is 5.57 Å². The van der Waals surface area contributed by atoms with Gasteiger partial charge in [-0.2, -0.15) is 0 Å². The zero-order valence-corrected chi connectivity index (χ0v) is 30.6. The molecule has 0 aliphatic heterocycles. The van der Waals surface area contributed by atoms with Crippen molar-refractivity contribution in [3.63, 3.8) is 0 Å². The van der Waals surface area contributed by atoms with Crippen LogP contribution in [0.2, 0.25) is 0 Å². The molecule has 4 radical (unpaired) electrons. The number of hydrogen-bond acceptors (Lipinski definition) is 0. The molecule has 0 atom stereocenters. The Morgan fingerprint density at radius 2 is 0.850 bits per heavy atom. The Bertz CT molecular complexity index is 821. The molecule has 0 aliphatic carbocycles. The Balaban J connectivity index is -0.000000521. The topological polar surface area (TPSA) is 19.9 Å². The zero-order chi connectivity index (χ0) is 30.5. The summed E-state index contributed by atoms with van der Waals surface area (Å²) in [5.74, 6) is 0. The van der Waals surface area contributed by atoms with Gasteiger partial charge in [-0.3, -0.25) is 0 Å². The minimum atomic E-state index is 0. The zero-order valence-electron chi connectivity index (χ0n) is 27.2. The maximum atomic E-state index is 7.50. The van der Waals surface area contributed by atoms with Gasteiger partial charge in [0.25, 0.3) is 0 Å². The fourth-order valence-electron chi connectivity index (χ4n) is 5.22. The van der Waals surface area contributed by atoms with Crippen LogP contribution in [0.1, 0.15) is 94.2 Å². The van der Waals surface area contributed by atoms with Gasteiger partial charge >= 0.3 is 11.3 Å². The van der Waals surface area contributed by atoms with E-state index in [4.69, 9.17) is 4.65 Å². The summed E-state index contributed by atoms with van der Waals surface area (Å²) in [4.78, 5) is 0. The van der Waals surface area contributed by atoms with Crippen molar-refractivity contribution >= 4 is 21.4 Å². The van der Waals surface area contributed by atoms with Gasteiger partial charge in [-0.1, -0.05) is 160 Å². The molecule has 2 aromatic carbocycles. The Morgan fingerprint density at radius 1 is 0.600 bits per heavy atom. The van der Waals surface area contributed by atoms with Gasteiger partial charge in [0.2, 0.25) is 0 Å². The van der Waals surface area contributed by atoms with Crippen molar-refractivity contribution in [2.24, 2.45) is 0 Å². The molecule has 0 amide bonds. The van der Waals surface area contributed by atoms with Crippen molar-refractivity contribution in [1.29, 1.82) is 0 Å². The Labute approximate surface area is 265 Å². The molecule has 0 spiro atoms. The van der Waals surface area contributed by atoms with Crippen molar-refractivity contribution in [3.8, 4) is 0 Å². The molecule has 0 saturated carbocycles. The van der Waals surface area contributed by atoms with Crippen LogP contribution < -0.4 is 0 Å². The molecule has 0 heterocycles. The molecule has 1 nitrogen and oxygen atoms in total. The molecule has 0 aromatic heterocycles. The van der Waals surface area contributed by atoms with Crippen LogP contribution >= 0.6 is 15.8 Å². The van der Waals surface area contributed by atoms with E-state index >= 15 is 0 Å². The van der Waals surface area contributed by atoms with E-state index in [1.54, 1.807) is 6.42 Å². The molecular formula is C36H55OP2Rh. The number of benzene rings is 2. The molecule has 40 heavy (non-hydrogen) atoms. The van der Waals surface area contributed by atoms with Crippen LogP contribution in [0.4, 0.5) is 0 Å². The molecular weight excluding hydrogens is 613 g/mol. The molecule has 224 valence electrons. The summed E-state index contributed by atoms with van der Waals surface area (Å²) < 4.78 is 7.50. The SMILES string of the molecule is CC(C)P(C(C)C)C(C)C.CC(C)P(C(C)C)C(C)C.[C-]#[O+].[CH2][CH][C]=C=C(c1ccccc1)c1ccccc1.[Rh]. The average Bonchev–Trinajstić information content (AvgIpc) is 2.86. The Kier molecular flexibility index (Phi) is 28.2. The van der Waals surface area contributed by atoms with E-state index in [1.807, 2.05) is 36.4 Å². The number of hydrogen-bond donors (Lipinski definition) is 0. The smallest absolute Gasteiger partial charge is 0.0312 e. The monoisotopic (exact) mass is 668 g/mol. The Hall–Kier alpha value is -0.817. The fraction of sp³-hybridized carbons (Fsp3) is 0.500. The third-order valence-corrected chi connectivity index (χ3v) is 13.2. The number of rotatable bonds is 9. The van der Waals surface area contributed by atoms with Gasteiger partial charge < -0.3 is 0 Å². The van der Waals surface area contributed by atoms with Crippen LogP contribution in [0.5, 0.6) is 0 Å². The summed E-state index contributed by atoms with van der Waals surface area (Å²) in [6, 6.07) is 20.4. The molecule has 0 saturated heterocycles. The third-order valence-electron chi connectivity index (χ3n) is 6.00. The second-order valence-electron chi connectivity index (χ2n) is 11.0. The summed E-state index contributed by atoms with van der Waals surface area (Å²) in [5, 5.41) is 0. The quantitative estimate of drug-likeness (QED) is 0.0833. The predicted molar refractivity (Wildman–Crippen MR) is 180 cm³/mol. The van der Waals surface area contributed by atoms with Gasteiger partial charge in [0, 0.05) is 31.1 Å². The van der Waals surface area contributed by atoms with E-state index in [-0.39, 0.29) is 35.3 Å². The second-order valence-corrected chi connectivity index (χ2v) is 19.0. The van der Waals surface area contributed by atoms with E-state index in [0.29, 0.717) is 0 Å². The van der Waals surface area contributed by atoms with Gasteiger partial charge in [0.05, 0.1) is 0 Å².